The largest absolute Gasteiger partial charge is 0.416 e. The number of aromatic nitrogens is 2. The molecule has 0 aliphatic heterocycles. The minimum Gasteiger partial charge on any atom is -0.416 e. The Balaban J connectivity index is 1.49. The van der Waals surface area contributed by atoms with Gasteiger partial charge in [0.05, 0.1) is 11.8 Å². The molecule has 1 atom stereocenters. The van der Waals surface area contributed by atoms with Crippen molar-refractivity contribution >= 4 is 23.5 Å². The first-order chi connectivity index (χ1) is 13.1. The lowest BCUT2D eigenvalue weighted by molar-refractivity contribution is -0.125. The molecule has 0 unspecified atom stereocenters. The monoisotopic (exact) mass is 387 g/mol. The van der Waals surface area contributed by atoms with Crippen molar-refractivity contribution in [2.24, 2.45) is 0 Å². The molecule has 0 spiro atoms. The maximum Gasteiger partial charge on any atom is 0.277 e. The topological polar surface area (TPSA) is 85.1 Å². The van der Waals surface area contributed by atoms with Gasteiger partial charge >= 0.3 is 0 Å². The first-order valence-corrected chi connectivity index (χ1v) is 10.4. The molecule has 6 nitrogen and oxygen atoms in total. The third-order valence-corrected chi connectivity index (χ3v) is 5.63. The summed E-state index contributed by atoms with van der Waals surface area (Å²) in [7, 11) is 0. The Morgan fingerprint density at radius 3 is 2.63 bits per heavy atom. The lowest BCUT2D eigenvalue weighted by atomic mass is 9.89. The van der Waals surface area contributed by atoms with Crippen LogP contribution in [0.5, 0.6) is 0 Å². The minimum atomic E-state index is -0.527. The van der Waals surface area contributed by atoms with Crippen LogP contribution in [0.25, 0.3) is 0 Å². The van der Waals surface area contributed by atoms with Crippen LogP contribution in [0.4, 0.5) is 0 Å². The lowest BCUT2D eigenvalue weighted by Crippen LogP contribution is -2.42. The molecular formula is C20H25N3O3S. The van der Waals surface area contributed by atoms with Crippen molar-refractivity contribution in [3.05, 3.63) is 41.8 Å². The summed E-state index contributed by atoms with van der Waals surface area (Å²) in [5.74, 6) is 0.902. The van der Waals surface area contributed by atoms with Crippen LogP contribution in [0, 0.1) is 0 Å². The SMILES string of the molecule is CC(=O)[C@H](Cc1ccccc1)NC(=O)CSc1nnc(C2CCCCC2)o1. The molecule has 0 bridgehead atoms. The van der Waals surface area contributed by atoms with E-state index in [0.29, 0.717) is 23.5 Å². The Bertz CT molecular complexity index is 757. The molecule has 1 heterocycles. The van der Waals surface area contributed by atoms with Crippen molar-refractivity contribution in [1.29, 1.82) is 0 Å². The van der Waals surface area contributed by atoms with E-state index in [1.54, 1.807) is 0 Å². The molecule has 0 saturated heterocycles. The normalized spacial score (nSPS) is 16.0. The van der Waals surface area contributed by atoms with Crippen molar-refractivity contribution < 1.29 is 14.0 Å². The predicted octanol–water partition coefficient (Wildman–Crippen LogP) is 3.53. The quantitative estimate of drug-likeness (QED) is 0.698. The zero-order valence-electron chi connectivity index (χ0n) is 15.5. The molecule has 1 aliphatic carbocycles. The summed E-state index contributed by atoms with van der Waals surface area (Å²) in [5, 5.41) is 11.4. The van der Waals surface area contributed by atoms with Crippen LogP contribution in [-0.4, -0.2) is 33.7 Å². The summed E-state index contributed by atoms with van der Waals surface area (Å²) in [5.41, 5.74) is 1.01. The van der Waals surface area contributed by atoms with Gasteiger partial charge in [-0.25, -0.2) is 0 Å². The molecule has 1 amide bonds. The van der Waals surface area contributed by atoms with Crippen LogP contribution < -0.4 is 5.32 Å². The van der Waals surface area contributed by atoms with E-state index in [1.165, 1.54) is 37.9 Å². The van der Waals surface area contributed by atoms with Crippen molar-refractivity contribution in [2.45, 2.75) is 62.6 Å². The number of amides is 1. The van der Waals surface area contributed by atoms with Gasteiger partial charge in [0.1, 0.15) is 0 Å². The summed E-state index contributed by atoms with van der Waals surface area (Å²) in [6.07, 6.45) is 6.34. The molecule has 1 aliphatic rings. The Labute approximate surface area is 163 Å². The Kier molecular flexibility index (Phi) is 7.04. The van der Waals surface area contributed by atoms with Crippen LogP contribution >= 0.6 is 11.8 Å². The Morgan fingerprint density at radius 1 is 1.19 bits per heavy atom. The van der Waals surface area contributed by atoms with Gasteiger partial charge in [-0.3, -0.25) is 9.59 Å². The Morgan fingerprint density at radius 2 is 1.93 bits per heavy atom. The summed E-state index contributed by atoms with van der Waals surface area (Å²) in [6.45, 7) is 1.50. The van der Waals surface area contributed by atoms with Crippen molar-refractivity contribution in [3.63, 3.8) is 0 Å². The maximum absolute atomic E-state index is 12.3. The molecule has 7 heteroatoms. The fourth-order valence-corrected chi connectivity index (χ4v) is 3.88. The van der Waals surface area contributed by atoms with E-state index in [-0.39, 0.29) is 17.4 Å². The average Bonchev–Trinajstić information content (AvgIpc) is 3.16. The number of carbonyl (C=O) groups is 2. The summed E-state index contributed by atoms with van der Waals surface area (Å²) >= 11 is 1.21. The van der Waals surface area contributed by atoms with Crippen LogP contribution in [-0.2, 0) is 16.0 Å². The van der Waals surface area contributed by atoms with Crippen LogP contribution in [0.15, 0.2) is 40.0 Å². The van der Waals surface area contributed by atoms with E-state index in [1.807, 2.05) is 30.3 Å². The smallest absolute Gasteiger partial charge is 0.277 e. The van der Waals surface area contributed by atoms with E-state index < -0.39 is 6.04 Å². The number of hydrogen-bond donors (Lipinski definition) is 1. The number of rotatable bonds is 8. The zero-order chi connectivity index (χ0) is 19.1. The fourth-order valence-electron chi connectivity index (χ4n) is 3.30. The predicted molar refractivity (Wildman–Crippen MR) is 104 cm³/mol. The van der Waals surface area contributed by atoms with E-state index in [9.17, 15) is 9.59 Å². The highest BCUT2D eigenvalue weighted by atomic mass is 32.2. The highest BCUT2D eigenvalue weighted by molar-refractivity contribution is 7.99. The number of hydrogen-bond acceptors (Lipinski definition) is 6. The van der Waals surface area contributed by atoms with Crippen molar-refractivity contribution in [1.82, 2.24) is 15.5 Å². The molecule has 0 radical (unpaired) electrons. The summed E-state index contributed by atoms with van der Waals surface area (Å²) in [4.78, 5) is 24.1. The second kappa shape index (κ2) is 9.69. The van der Waals surface area contributed by atoms with Crippen molar-refractivity contribution in [3.8, 4) is 0 Å². The molecule has 2 aromatic rings. The molecular weight excluding hydrogens is 362 g/mol. The molecule has 27 heavy (non-hydrogen) atoms. The number of thioether (sulfide) groups is 1. The van der Waals surface area contributed by atoms with Gasteiger partial charge in [-0.2, -0.15) is 0 Å². The van der Waals surface area contributed by atoms with Gasteiger partial charge in [-0.1, -0.05) is 61.4 Å². The van der Waals surface area contributed by atoms with Gasteiger partial charge in [0.2, 0.25) is 11.8 Å². The molecule has 1 N–H and O–H groups in total. The van der Waals surface area contributed by atoms with Gasteiger partial charge in [0, 0.05) is 5.92 Å². The first-order valence-electron chi connectivity index (χ1n) is 9.42. The van der Waals surface area contributed by atoms with Gasteiger partial charge in [-0.15, -0.1) is 10.2 Å². The number of benzene rings is 1. The van der Waals surface area contributed by atoms with E-state index in [0.717, 1.165) is 18.4 Å². The van der Waals surface area contributed by atoms with E-state index >= 15 is 0 Å². The fraction of sp³-hybridized carbons (Fsp3) is 0.500. The molecule has 144 valence electrons. The third-order valence-electron chi connectivity index (χ3n) is 4.81. The molecule has 1 saturated carbocycles. The highest BCUT2D eigenvalue weighted by Gasteiger charge is 2.22. The molecule has 1 aromatic heterocycles. The third kappa shape index (κ3) is 5.92. The second-order valence-corrected chi connectivity index (χ2v) is 7.88. The number of nitrogens with zero attached hydrogens (tertiary/aromatic N) is 2. The van der Waals surface area contributed by atoms with E-state index in [2.05, 4.69) is 15.5 Å². The maximum atomic E-state index is 12.3. The van der Waals surface area contributed by atoms with Crippen LogP contribution in [0.1, 0.15) is 56.4 Å². The van der Waals surface area contributed by atoms with E-state index in [4.69, 9.17) is 4.42 Å². The van der Waals surface area contributed by atoms with Crippen LogP contribution in [0.3, 0.4) is 0 Å². The number of carbonyl (C=O) groups excluding carboxylic acids is 2. The highest BCUT2D eigenvalue weighted by Crippen LogP contribution is 2.32. The molecule has 1 fully saturated rings. The molecule has 3 rings (SSSR count). The van der Waals surface area contributed by atoms with Crippen LogP contribution in [0.2, 0.25) is 0 Å². The first kappa shape index (κ1) is 19.6. The second-order valence-electron chi connectivity index (χ2n) is 6.95. The summed E-state index contributed by atoms with van der Waals surface area (Å²) < 4.78 is 5.72. The average molecular weight is 388 g/mol. The van der Waals surface area contributed by atoms with Gasteiger partial charge < -0.3 is 9.73 Å². The summed E-state index contributed by atoms with van der Waals surface area (Å²) in [6, 6.07) is 9.13. The van der Waals surface area contributed by atoms with Crippen molar-refractivity contribution in [2.75, 3.05) is 5.75 Å². The number of Topliss-reactive ketones (excluding diaryl/α,β-unsaturated/α-hetero) is 1. The number of ketones is 1. The minimum absolute atomic E-state index is 0.0606. The van der Waals surface area contributed by atoms with Gasteiger partial charge in [0.15, 0.2) is 5.78 Å². The zero-order valence-corrected chi connectivity index (χ0v) is 16.3. The number of nitrogens with one attached hydrogen (secondary N) is 1. The lowest BCUT2D eigenvalue weighted by Gasteiger charge is -2.17. The van der Waals surface area contributed by atoms with Gasteiger partial charge in [0.25, 0.3) is 5.22 Å². The van der Waals surface area contributed by atoms with Gasteiger partial charge in [-0.05, 0) is 31.7 Å². The standard InChI is InChI=1S/C20H25N3O3S/c1-14(24)17(12-15-8-4-2-5-9-15)21-18(25)13-27-20-23-22-19(26-20)16-10-6-3-7-11-16/h2,4-5,8-9,16-17H,3,6-7,10-13H2,1H3,(H,21,25)/t17-/m0/s1. The Hall–Kier alpha value is -2.15. The molecule has 1 aromatic carbocycles.